The smallest absolute Gasteiger partial charge is 0.320 e. The maximum atomic E-state index is 11.9. The van der Waals surface area contributed by atoms with E-state index in [4.69, 9.17) is 10.7 Å². The van der Waals surface area contributed by atoms with Gasteiger partial charge in [-0.05, 0) is 37.6 Å². The third-order valence-corrected chi connectivity index (χ3v) is 4.40. The quantitative estimate of drug-likeness (QED) is 0.872. The van der Waals surface area contributed by atoms with E-state index < -0.39 is 6.03 Å². The number of pyridine rings is 2. The molecule has 2 aromatic rings. The first-order valence-corrected chi connectivity index (χ1v) is 7.41. The molecule has 4 heterocycles. The lowest BCUT2D eigenvalue weighted by molar-refractivity contribution is 0.252. The van der Waals surface area contributed by atoms with Crippen LogP contribution in [-0.4, -0.2) is 35.1 Å². The summed E-state index contributed by atoms with van der Waals surface area (Å²) in [6, 6.07) is 7.64. The largest absolute Gasteiger partial charge is 0.366 e. The van der Waals surface area contributed by atoms with E-state index in [1.807, 2.05) is 31.2 Å². The van der Waals surface area contributed by atoms with Gasteiger partial charge in [-0.1, -0.05) is 0 Å². The standard InChI is InChI=1S/C16H17N5O/c1-10-2-3-11(8-18-10)13-4-5-14-15(19-13)21(16(17)22)12-6-7-20(14)9-12/h2-5,8,12H,6-7,9H2,1H3,(H2,17,22). The van der Waals surface area contributed by atoms with Gasteiger partial charge in [0.05, 0.1) is 17.4 Å². The predicted octanol–water partition coefficient (Wildman–Crippen LogP) is 1.93. The minimum Gasteiger partial charge on any atom is -0.366 e. The maximum Gasteiger partial charge on any atom is 0.320 e. The number of primary amides is 1. The normalized spacial score (nSPS) is 19.2. The zero-order chi connectivity index (χ0) is 15.3. The summed E-state index contributed by atoms with van der Waals surface area (Å²) in [5.41, 5.74) is 9.28. The number of nitrogens with zero attached hydrogens (tertiary/aromatic N) is 4. The monoisotopic (exact) mass is 295 g/mol. The second-order valence-corrected chi connectivity index (χ2v) is 5.82. The van der Waals surface area contributed by atoms with Crippen LogP contribution < -0.4 is 15.5 Å². The Morgan fingerprint density at radius 3 is 2.91 bits per heavy atom. The van der Waals surface area contributed by atoms with Gasteiger partial charge >= 0.3 is 6.03 Å². The van der Waals surface area contributed by atoms with Crippen molar-refractivity contribution in [3.8, 4) is 11.3 Å². The van der Waals surface area contributed by atoms with Gasteiger partial charge in [0.1, 0.15) is 0 Å². The number of hydrogen-bond acceptors (Lipinski definition) is 4. The summed E-state index contributed by atoms with van der Waals surface area (Å²) >= 11 is 0. The topological polar surface area (TPSA) is 75.4 Å². The molecule has 4 rings (SSSR count). The molecule has 2 aliphatic rings. The van der Waals surface area contributed by atoms with Crippen LogP contribution in [-0.2, 0) is 0 Å². The van der Waals surface area contributed by atoms with Crippen molar-refractivity contribution in [2.45, 2.75) is 19.4 Å². The average Bonchev–Trinajstić information content (AvgIpc) is 2.92. The maximum absolute atomic E-state index is 11.9. The molecule has 0 aromatic carbocycles. The summed E-state index contributed by atoms with van der Waals surface area (Å²) in [5, 5.41) is 0. The lowest BCUT2D eigenvalue weighted by atomic mass is 10.1. The molecule has 0 radical (unpaired) electrons. The molecule has 112 valence electrons. The minimum atomic E-state index is -0.431. The van der Waals surface area contributed by atoms with E-state index in [1.54, 1.807) is 11.1 Å². The van der Waals surface area contributed by atoms with Crippen molar-refractivity contribution < 1.29 is 4.79 Å². The molecular weight excluding hydrogens is 278 g/mol. The SMILES string of the molecule is Cc1ccc(-c2ccc3c(n2)N(C(N)=O)C2CCN3C2)cn1. The van der Waals surface area contributed by atoms with Crippen LogP contribution in [0.4, 0.5) is 16.3 Å². The van der Waals surface area contributed by atoms with Gasteiger partial charge in [0.15, 0.2) is 5.82 Å². The molecule has 2 bridgehead atoms. The highest BCUT2D eigenvalue weighted by molar-refractivity contribution is 5.96. The number of amides is 2. The summed E-state index contributed by atoms with van der Waals surface area (Å²) in [6.07, 6.45) is 2.73. The van der Waals surface area contributed by atoms with Crippen LogP contribution in [0.15, 0.2) is 30.5 Å². The number of aromatic nitrogens is 2. The first-order valence-electron chi connectivity index (χ1n) is 7.41. The van der Waals surface area contributed by atoms with Crippen LogP contribution in [0.2, 0.25) is 0 Å². The van der Waals surface area contributed by atoms with Gasteiger partial charge in [0.2, 0.25) is 0 Å². The first-order chi connectivity index (χ1) is 10.6. The van der Waals surface area contributed by atoms with Crippen molar-refractivity contribution in [3.05, 3.63) is 36.2 Å². The number of nitrogens with two attached hydrogens (primary N) is 1. The second kappa shape index (κ2) is 4.69. The second-order valence-electron chi connectivity index (χ2n) is 5.82. The molecule has 1 saturated heterocycles. The molecule has 6 heteroatoms. The first kappa shape index (κ1) is 13.1. The molecule has 1 unspecified atom stereocenters. The van der Waals surface area contributed by atoms with Crippen LogP contribution in [0.25, 0.3) is 11.3 Å². The van der Waals surface area contributed by atoms with E-state index >= 15 is 0 Å². The minimum absolute atomic E-state index is 0.129. The van der Waals surface area contributed by atoms with E-state index in [-0.39, 0.29) is 6.04 Å². The van der Waals surface area contributed by atoms with Crippen molar-refractivity contribution in [1.82, 2.24) is 9.97 Å². The van der Waals surface area contributed by atoms with Crippen molar-refractivity contribution >= 4 is 17.5 Å². The molecule has 2 aromatic heterocycles. The summed E-state index contributed by atoms with van der Waals surface area (Å²) < 4.78 is 0. The Morgan fingerprint density at radius 1 is 1.32 bits per heavy atom. The van der Waals surface area contributed by atoms with E-state index in [0.717, 1.165) is 42.1 Å². The zero-order valence-electron chi connectivity index (χ0n) is 12.4. The Bertz CT molecular complexity index is 743. The van der Waals surface area contributed by atoms with Crippen molar-refractivity contribution in [3.63, 3.8) is 0 Å². The molecule has 2 amide bonds. The Hall–Kier alpha value is -2.63. The molecule has 2 N–H and O–H groups in total. The molecule has 0 aliphatic carbocycles. The number of hydrogen-bond donors (Lipinski definition) is 1. The Morgan fingerprint density at radius 2 is 2.18 bits per heavy atom. The lowest BCUT2D eigenvalue weighted by Crippen LogP contribution is -2.48. The number of aryl methyl sites for hydroxylation is 1. The number of carbonyl (C=O) groups is 1. The highest BCUT2D eigenvalue weighted by atomic mass is 16.2. The fourth-order valence-corrected chi connectivity index (χ4v) is 3.27. The number of carbonyl (C=O) groups excluding carboxylic acids is 1. The molecule has 2 aliphatic heterocycles. The van der Waals surface area contributed by atoms with E-state index in [0.29, 0.717) is 5.82 Å². The van der Waals surface area contributed by atoms with Gasteiger partial charge in [-0.25, -0.2) is 9.78 Å². The Kier molecular flexibility index (Phi) is 2.79. The summed E-state index contributed by atoms with van der Waals surface area (Å²) in [6.45, 7) is 3.72. The van der Waals surface area contributed by atoms with Gasteiger partial charge in [0.25, 0.3) is 0 Å². The highest BCUT2D eigenvalue weighted by Gasteiger charge is 2.39. The van der Waals surface area contributed by atoms with Crippen molar-refractivity contribution in [2.75, 3.05) is 22.9 Å². The molecular formula is C16H17N5O. The average molecular weight is 295 g/mol. The number of anilines is 2. The van der Waals surface area contributed by atoms with Crippen LogP contribution >= 0.6 is 0 Å². The molecule has 0 spiro atoms. The summed E-state index contributed by atoms with van der Waals surface area (Å²) in [5.74, 6) is 0.666. The Balaban J connectivity index is 1.83. The fraction of sp³-hybridized carbons (Fsp3) is 0.312. The molecule has 1 fully saturated rings. The number of rotatable bonds is 1. The van der Waals surface area contributed by atoms with E-state index in [1.165, 1.54) is 0 Å². The van der Waals surface area contributed by atoms with Crippen LogP contribution in [0, 0.1) is 6.92 Å². The third-order valence-electron chi connectivity index (χ3n) is 4.40. The van der Waals surface area contributed by atoms with Crippen molar-refractivity contribution in [2.24, 2.45) is 5.73 Å². The molecule has 22 heavy (non-hydrogen) atoms. The van der Waals surface area contributed by atoms with Gasteiger partial charge in [0, 0.05) is 30.5 Å². The van der Waals surface area contributed by atoms with Crippen molar-refractivity contribution in [1.29, 1.82) is 0 Å². The van der Waals surface area contributed by atoms with E-state index in [2.05, 4.69) is 9.88 Å². The van der Waals surface area contributed by atoms with Gasteiger partial charge in [-0.3, -0.25) is 9.88 Å². The van der Waals surface area contributed by atoms with Crippen LogP contribution in [0.1, 0.15) is 12.1 Å². The summed E-state index contributed by atoms with van der Waals surface area (Å²) in [4.78, 5) is 24.8. The number of fused-ring (bicyclic) bond motifs is 4. The number of urea groups is 1. The van der Waals surface area contributed by atoms with Gasteiger partial charge in [-0.2, -0.15) is 0 Å². The fourth-order valence-electron chi connectivity index (χ4n) is 3.27. The zero-order valence-corrected chi connectivity index (χ0v) is 12.4. The summed E-state index contributed by atoms with van der Waals surface area (Å²) in [7, 11) is 0. The highest BCUT2D eigenvalue weighted by Crippen LogP contribution is 2.39. The van der Waals surface area contributed by atoms with Gasteiger partial charge < -0.3 is 10.6 Å². The van der Waals surface area contributed by atoms with Gasteiger partial charge in [-0.15, -0.1) is 0 Å². The van der Waals surface area contributed by atoms with Crippen LogP contribution in [0.5, 0.6) is 0 Å². The Labute approximate surface area is 128 Å². The molecule has 6 nitrogen and oxygen atoms in total. The third kappa shape index (κ3) is 1.91. The predicted molar refractivity (Wildman–Crippen MR) is 84.9 cm³/mol. The van der Waals surface area contributed by atoms with Crippen LogP contribution in [0.3, 0.4) is 0 Å². The molecule has 1 atom stereocenters. The molecule has 0 saturated carbocycles. The van der Waals surface area contributed by atoms with E-state index in [9.17, 15) is 4.79 Å². The lowest BCUT2D eigenvalue weighted by Gasteiger charge is -2.34.